The second kappa shape index (κ2) is 11.4. The number of imidazole rings is 1. The standard InChI is InChI=1S/C29H28F3N3O5/c30-29(31,32)25(14-18-6-9-22(10-7-18)40-17-26(36)37)34-28(38)19-8-11-24-23(15-19)33-27(20-12-13-39-16-20)35(24)21-4-2-1-3-5-21/h6-13,15-16,21,25H,1-5,14,17H2,(H,34,38)(H,36,37). The predicted molar refractivity (Wildman–Crippen MR) is 140 cm³/mol. The summed E-state index contributed by atoms with van der Waals surface area (Å²) in [6.07, 6.45) is 3.35. The smallest absolute Gasteiger partial charge is 0.408 e. The number of rotatable bonds is 9. The third-order valence-corrected chi connectivity index (χ3v) is 7.10. The highest BCUT2D eigenvalue weighted by Crippen LogP contribution is 2.36. The SMILES string of the molecule is O=C(O)COc1ccc(CC(NC(=O)c2ccc3c(c2)nc(-c2ccoc2)n3C2CCCCC2)C(F)(F)F)cc1. The number of amides is 1. The Bertz CT molecular complexity index is 1470. The molecule has 1 aliphatic carbocycles. The quantitative estimate of drug-likeness (QED) is 0.256. The van der Waals surface area contributed by atoms with Crippen LogP contribution in [0.1, 0.15) is 54.1 Å². The van der Waals surface area contributed by atoms with Crippen LogP contribution in [0.5, 0.6) is 5.75 Å². The van der Waals surface area contributed by atoms with Crippen LogP contribution in [0.15, 0.2) is 65.5 Å². The summed E-state index contributed by atoms with van der Waals surface area (Å²) in [4.78, 5) is 28.4. The lowest BCUT2D eigenvalue weighted by Gasteiger charge is -2.25. The highest BCUT2D eigenvalue weighted by atomic mass is 19.4. The van der Waals surface area contributed by atoms with Crippen LogP contribution in [0.4, 0.5) is 13.2 Å². The molecule has 1 aliphatic rings. The highest BCUT2D eigenvalue weighted by molar-refractivity contribution is 5.98. The Morgan fingerprint density at radius 3 is 2.50 bits per heavy atom. The maximum absolute atomic E-state index is 13.9. The van der Waals surface area contributed by atoms with Gasteiger partial charge in [-0.2, -0.15) is 13.2 Å². The summed E-state index contributed by atoms with van der Waals surface area (Å²) >= 11 is 0. The Hall–Kier alpha value is -4.28. The van der Waals surface area contributed by atoms with Crippen molar-refractivity contribution in [2.45, 2.75) is 56.8 Å². The summed E-state index contributed by atoms with van der Waals surface area (Å²) in [5, 5.41) is 10.8. The number of hydrogen-bond acceptors (Lipinski definition) is 5. The molecule has 4 aromatic rings. The van der Waals surface area contributed by atoms with E-state index < -0.39 is 37.1 Å². The van der Waals surface area contributed by atoms with Gasteiger partial charge in [-0.15, -0.1) is 0 Å². The first-order valence-corrected chi connectivity index (χ1v) is 13.0. The van der Waals surface area contributed by atoms with Crippen LogP contribution in [0.3, 0.4) is 0 Å². The van der Waals surface area contributed by atoms with Crippen molar-refractivity contribution in [1.82, 2.24) is 14.9 Å². The lowest BCUT2D eigenvalue weighted by molar-refractivity contribution is -0.153. The van der Waals surface area contributed by atoms with Gasteiger partial charge in [0.1, 0.15) is 23.9 Å². The number of aliphatic carboxylic acids is 1. The Morgan fingerprint density at radius 1 is 1.10 bits per heavy atom. The number of aromatic nitrogens is 2. The fourth-order valence-corrected chi connectivity index (χ4v) is 5.14. The van der Waals surface area contributed by atoms with Gasteiger partial charge in [0.2, 0.25) is 0 Å². The van der Waals surface area contributed by atoms with Crippen molar-refractivity contribution in [2.75, 3.05) is 6.61 Å². The summed E-state index contributed by atoms with van der Waals surface area (Å²) in [7, 11) is 0. The number of furan rings is 1. The lowest BCUT2D eigenvalue weighted by Crippen LogP contribution is -2.46. The molecule has 2 aromatic carbocycles. The zero-order valence-corrected chi connectivity index (χ0v) is 21.5. The average molecular weight is 556 g/mol. The zero-order chi connectivity index (χ0) is 28.3. The third kappa shape index (κ3) is 6.13. The number of fused-ring (bicyclic) bond motifs is 1. The molecular weight excluding hydrogens is 527 g/mol. The van der Waals surface area contributed by atoms with Crippen molar-refractivity contribution in [3.63, 3.8) is 0 Å². The number of carbonyl (C=O) groups is 2. The molecule has 2 N–H and O–H groups in total. The van der Waals surface area contributed by atoms with Crippen LogP contribution >= 0.6 is 0 Å². The normalized spacial score (nSPS) is 15.2. The molecule has 210 valence electrons. The van der Waals surface area contributed by atoms with E-state index in [4.69, 9.17) is 19.2 Å². The zero-order valence-electron chi connectivity index (χ0n) is 21.5. The van der Waals surface area contributed by atoms with Gasteiger partial charge in [-0.25, -0.2) is 9.78 Å². The second-order valence-electron chi connectivity index (χ2n) is 9.91. The van der Waals surface area contributed by atoms with Gasteiger partial charge in [-0.1, -0.05) is 31.4 Å². The molecule has 1 fully saturated rings. The van der Waals surface area contributed by atoms with Crippen molar-refractivity contribution in [3.05, 3.63) is 72.2 Å². The van der Waals surface area contributed by atoms with Gasteiger partial charge < -0.3 is 24.1 Å². The minimum Gasteiger partial charge on any atom is -0.482 e. The maximum atomic E-state index is 13.9. The monoisotopic (exact) mass is 555 g/mol. The first-order chi connectivity index (χ1) is 19.2. The van der Waals surface area contributed by atoms with Crippen molar-refractivity contribution < 1.29 is 37.0 Å². The molecule has 0 radical (unpaired) electrons. The van der Waals surface area contributed by atoms with Crippen LogP contribution in [-0.4, -0.2) is 45.4 Å². The van der Waals surface area contributed by atoms with Gasteiger partial charge in [-0.3, -0.25) is 4.79 Å². The summed E-state index contributed by atoms with van der Waals surface area (Å²) in [6.45, 7) is -0.562. The Balaban J connectivity index is 1.37. The van der Waals surface area contributed by atoms with Gasteiger partial charge >= 0.3 is 12.1 Å². The molecule has 1 saturated carbocycles. The Labute approximate surface area is 227 Å². The third-order valence-electron chi connectivity index (χ3n) is 7.10. The molecule has 8 nitrogen and oxygen atoms in total. The second-order valence-corrected chi connectivity index (χ2v) is 9.91. The largest absolute Gasteiger partial charge is 0.482 e. The minimum absolute atomic E-state index is 0.0752. The molecule has 1 atom stereocenters. The fraction of sp³-hybridized carbons (Fsp3) is 0.345. The number of nitrogens with zero attached hydrogens (tertiary/aromatic N) is 2. The van der Waals surface area contributed by atoms with Crippen LogP contribution in [-0.2, 0) is 11.2 Å². The van der Waals surface area contributed by atoms with Crippen molar-refractivity contribution in [2.24, 2.45) is 0 Å². The maximum Gasteiger partial charge on any atom is 0.408 e. The van der Waals surface area contributed by atoms with Crippen molar-refractivity contribution >= 4 is 22.9 Å². The van der Waals surface area contributed by atoms with Crippen LogP contribution in [0.2, 0.25) is 0 Å². The molecular formula is C29H28F3N3O5. The molecule has 2 aromatic heterocycles. The van der Waals surface area contributed by atoms with E-state index in [1.807, 2.05) is 6.07 Å². The molecule has 40 heavy (non-hydrogen) atoms. The number of hydrogen-bond donors (Lipinski definition) is 2. The number of nitrogens with one attached hydrogen (secondary N) is 1. The number of benzene rings is 2. The van der Waals surface area contributed by atoms with E-state index in [0.29, 0.717) is 16.9 Å². The Kier molecular flexibility index (Phi) is 7.81. The van der Waals surface area contributed by atoms with Gasteiger partial charge in [0, 0.05) is 18.0 Å². The number of carboxylic acid groups (broad SMARTS) is 1. The van der Waals surface area contributed by atoms with Crippen LogP contribution < -0.4 is 10.1 Å². The molecule has 1 unspecified atom stereocenters. The molecule has 0 bridgehead atoms. The summed E-state index contributed by atoms with van der Waals surface area (Å²) in [6, 6.07) is 10.3. The van der Waals surface area contributed by atoms with Crippen LogP contribution in [0.25, 0.3) is 22.4 Å². The lowest BCUT2D eigenvalue weighted by atomic mass is 9.95. The summed E-state index contributed by atoms with van der Waals surface area (Å²) < 4.78 is 54.2. The average Bonchev–Trinajstić information content (AvgIpc) is 3.60. The molecule has 0 spiro atoms. The molecule has 5 rings (SSSR count). The van der Waals surface area contributed by atoms with E-state index in [1.54, 1.807) is 18.6 Å². The van der Waals surface area contributed by atoms with Crippen LogP contribution in [0, 0.1) is 0 Å². The number of halogens is 3. The molecule has 11 heteroatoms. The van der Waals surface area contributed by atoms with Gasteiger partial charge in [-0.05, 0) is 54.8 Å². The first kappa shape index (κ1) is 27.3. The van der Waals surface area contributed by atoms with Crippen molar-refractivity contribution in [1.29, 1.82) is 0 Å². The molecule has 1 amide bonds. The van der Waals surface area contributed by atoms with E-state index in [0.717, 1.165) is 36.8 Å². The molecule has 0 saturated heterocycles. The minimum atomic E-state index is -4.70. The number of carbonyl (C=O) groups excluding carboxylic acids is 1. The summed E-state index contributed by atoms with van der Waals surface area (Å²) in [5.41, 5.74) is 2.51. The number of alkyl halides is 3. The molecule has 2 heterocycles. The first-order valence-electron chi connectivity index (χ1n) is 13.0. The predicted octanol–water partition coefficient (Wildman–Crippen LogP) is 6.17. The van der Waals surface area contributed by atoms with E-state index in [-0.39, 0.29) is 17.4 Å². The molecule has 0 aliphatic heterocycles. The highest BCUT2D eigenvalue weighted by Gasteiger charge is 2.40. The van der Waals surface area contributed by atoms with Crippen molar-refractivity contribution in [3.8, 4) is 17.1 Å². The summed E-state index contributed by atoms with van der Waals surface area (Å²) in [5.74, 6) is -1.10. The Morgan fingerprint density at radius 2 is 1.85 bits per heavy atom. The van der Waals surface area contributed by atoms with Gasteiger partial charge in [0.15, 0.2) is 6.61 Å². The van der Waals surface area contributed by atoms with Gasteiger partial charge in [0.05, 0.1) is 22.9 Å². The topological polar surface area (TPSA) is 107 Å². The number of carboxylic acids is 1. The van der Waals surface area contributed by atoms with Gasteiger partial charge in [0.25, 0.3) is 5.91 Å². The fourth-order valence-electron chi connectivity index (χ4n) is 5.14. The van der Waals surface area contributed by atoms with E-state index in [9.17, 15) is 22.8 Å². The van der Waals surface area contributed by atoms with E-state index >= 15 is 0 Å². The number of ether oxygens (including phenoxy) is 1. The van der Waals surface area contributed by atoms with E-state index in [2.05, 4.69) is 9.88 Å². The van der Waals surface area contributed by atoms with E-state index in [1.165, 1.54) is 42.8 Å².